The van der Waals surface area contributed by atoms with E-state index in [0.717, 1.165) is 30.7 Å². The minimum Gasteiger partial charge on any atom is -0.325 e. The molecule has 58 valence electrons. The van der Waals surface area contributed by atoms with Gasteiger partial charge in [-0.2, -0.15) is 0 Å². The maximum atomic E-state index is 10.0. The van der Waals surface area contributed by atoms with Crippen LogP contribution in [0, 0.1) is 4.91 Å². The summed E-state index contributed by atoms with van der Waals surface area (Å²) in [5, 5.41) is 4.47. The van der Waals surface area contributed by atoms with E-state index in [1.165, 1.54) is 0 Å². The highest BCUT2D eigenvalue weighted by molar-refractivity contribution is 4.56. The van der Waals surface area contributed by atoms with Gasteiger partial charge in [0.2, 0.25) is 0 Å². The SMILES string of the molecule is C[N+]1(C)CCN(N=O)CC1. The fourth-order valence-electron chi connectivity index (χ4n) is 1.08. The molecular formula is C6H14N3O+. The van der Waals surface area contributed by atoms with Crippen LogP contribution in [0.2, 0.25) is 0 Å². The molecule has 1 fully saturated rings. The van der Waals surface area contributed by atoms with Crippen LogP contribution in [0.4, 0.5) is 0 Å². The molecule has 0 N–H and O–H groups in total. The number of quaternary nitrogens is 1. The zero-order valence-electron chi connectivity index (χ0n) is 6.58. The predicted octanol–water partition coefficient (Wildman–Crippen LogP) is 0.0598. The second-order valence-corrected chi connectivity index (χ2v) is 3.42. The van der Waals surface area contributed by atoms with Gasteiger partial charge in [0.25, 0.3) is 0 Å². The third-order valence-electron chi connectivity index (χ3n) is 2.04. The van der Waals surface area contributed by atoms with Gasteiger partial charge in [-0.1, -0.05) is 0 Å². The first-order chi connectivity index (χ1) is 4.64. The van der Waals surface area contributed by atoms with Gasteiger partial charge in [-0.25, -0.2) is 5.01 Å². The van der Waals surface area contributed by atoms with E-state index >= 15 is 0 Å². The average Bonchev–Trinajstić information content (AvgIpc) is 1.88. The zero-order valence-corrected chi connectivity index (χ0v) is 6.58. The van der Waals surface area contributed by atoms with Crippen LogP contribution in [0.25, 0.3) is 0 Å². The molecule has 1 aliphatic rings. The Labute approximate surface area is 61.0 Å². The highest BCUT2D eigenvalue weighted by atomic mass is 16.3. The van der Waals surface area contributed by atoms with E-state index in [-0.39, 0.29) is 0 Å². The van der Waals surface area contributed by atoms with E-state index in [1.807, 2.05) is 0 Å². The fraction of sp³-hybridized carbons (Fsp3) is 1.00. The predicted molar refractivity (Wildman–Crippen MR) is 39.2 cm³/mol. The molecule has 4 heteroatoms. The standard InChI is InChI=1S/C6H14N3O/c1-9(2)5-3-8(7-10)4-6-9/h3-6H2,1-2H3/q+1. The van der Waals surface area contributed by atoms with E-state index in [1.54, 1.807) is 5.01 Å². The van der Waals surface area contributed by atoms with Crippen LogP contribution in [0.15, 0.2) is 5.29 Å². The Morgan fingerprint density at radius 2 is 1.80 bits per heavy atom. The number of nitroso groups, excluding NO2 is 1. The maximum absolute atomic E-state index is 10.0. The van der Waals surface area contributed by atoms with Gasteiger partial charge < -0.3 is 4.48 Å². The lowest BCUT2D eigenvalue weighted by Gasteiger charge is -2.36. The molecular weight excluding hydrogens is 130 g/mol. The van der Waals surface area contributed by atoms with Crippen LogP contribution in [-0.4, -0.2) is 49.8 Å². The molecule has 10 heavy (non-hydrogen) atoms. The lowest BCUT2D eigenvalue weighted by atomic mass is 10.3. The summed E-state index contributed by atoms with van der Waals surface area (Å²) in [5.41, 5.74) is 0. The lowest BCUT2D eigenvalue weighted by Crippen LogP contribution is -2.53. The molecule has 0 spiro atoms. The van der Waals surface area contributed by atoms with Gasteiger partial charge in [-0.3, -0.25) is 0 Å². The van der Waals surface area contributed by atoms with Crippen LogP contribution < -0.4 is 0 Å². The highest BCUT2D eigenvalue weighted by Crippen LogP contribution is 2.05. The molecule has 0 unspecified atom stereocenters. The molecule has 1 aliphatic heterocycles. The normalized spacial score (nSPS) is 24.4. The molecule has 0 bridgehead atoms. The second kappa shape index (κ2) is 2.54. The van der Waals surface area contributed by atoms with Gasteiger partial charge in [0.05, 0.1) is 45.6 Å². The van der Waals surface area contributed by atoms with Crippen LogP contribution in [0.1, 0.15) is 0 Å². The first-order valence-electron chi connectivity index (χ1n) is 3.54. The Kier molecular flexibility index (Phi) is 1.89. The van der Waals surface area contributed by atoms with Crippen molar-refractivity contribution in [1.82, 2.24) is 5.01 Å². The van der Waals surface area contributed by atoms with Crippen molar-refractivity contribution in [2.75, 3.05) is 40.3 Å². The average molecular weight is 144 g/mol. The first-order valence-corrected chi connectivity index (χ1v) is 3.54. The molecule has 0 atom stereocenters. The summed E-state index contributed by atoms with van der Waals surface area (Å²) in [6.45, 7) is 3.64. The first kappa shape index (κ1) is 7.47. The summed E-state index contributed by atoms with van der Waals surface area (Å²) in [7, 11) is 4.34. The van der Waals surface area contributed by atoms with Crippen molar-refractivity contribution in [2.45, 2.75) is 0 Å². The third kappa shape index (κ3) is 1.67. The Hall–Kier alpha value is -0.640. The van der Waals surface area contributed by atoms with E-state index in [4.69, 9.17) is 0 Å². The Bertz CT molecular complexity index is 125. The number of likely N-dealkylation sites (N-methyl/N-ethyl adjacent to an activating group) is 1. The van der Waals surface area contributed by atoms with Crippen molar-refractivity contribution in [2.24, 2.45) is 5.29 Å². The van der Waals surface area contributed by atoms with Crippen LogP contribution in [0.3, 0.4) is 0 Å². The van der Waals surface area contributed by atoms with Crippen molar-refractivity contribution in [3.8, 4) is 0 Å². The minimum absolute atomic E-state index is 0.802. The Morgan fingerprint density at radius 1 is 1.30 bits per heavy atom. The fourth-order valence-corrected chi connectivity index (χ4v) is 1.08. The van der Waals surface area contributed by atoms with E-state index in [0.29, 0.717) is 0 Å². The van der Waals surface area contributed by atoms with Gasteiger partial charge >= 0.3 is 0 Å². The van der Waals surface area contributed by atoms with E-state index in [9.17, 15) is 4.91 Å². The van der Waals surface area contributed by atoms with Crippen molar-refractivity contribution >= 4 is 0 Å². The quantitative estimate of drug-likeness (QED) is 0.385. The molecule has 0 amide bonds. The number of piperazine rings is 1. The molecule has 1 saturated heterocycles. The monoisotopic (exact) mass is 144 g/mol. The summed E-state index contributed by atoms with van der Waals surface area (Å²) < 4.78 is 1.01. The second-order valence-electron chi connectivity index (χ2n) is 3.42. The number of nitrogens with zero attached hydrogens (tertiary/aromatic N) is 3. The minimum atomic E-state index is 0.802. The van der Waals surface area contributed by atoms with Crippen LogP contribution in [-0.2, 0) is 0 Å². The largest absolute Gasteiger partial charge is 0.325 e. The summed E-state index contributed by atoms with van der Waals surface area (Å²) in [6.07, 6.45) is 0. The zero-order chi connectivity index (χ0) is 7.61. The number of hydrogen-bond donors (Lipinski definition) is 0. The Balaban J connectivity index is 2.38. The number of rotatable bonds is 1. The van der Waals surface area contributed by atoms with Gasteiger partial charge in [-0.15, -0.1) is 4.91 Å². The molecule has 1 heterocycles. The van der Waals surface area contributed by atoms with Crippen LogP contribution >= 0.6 is 0 Å². The molecule has 0 aromatic carbocycles. The third-order valence-corrected chi connectivity index (χ3v) is 2.04. The summed E-state index contributed by atoms with van der Waals surface area (Å²) >= 11 is 0. The molecule has 0 aromatic rings. The van der Waals surface area contributed by atoms with E-state index < -0.39 is 0 Å². The highest BCUT2D eigenvalue weighted by Gasteiger charge is 2.23. The molecule has 0 aliphatic carbocycles. The van der Waals surface area contributed by atoms with Gasteiger partial charge in [0.1, 0.15) is 0 Å². The van der Waals surface area contributed by atoms with Crippen molar-refractivity contribution < 1.29 is 4.48 Å². The summed E-state index contributed by atoms with van der Waals surface area (Å²) in [6, 6.07) is 0. The van der Waals surface area contributed by atoms with E-state index in [2.05, 4.69) is 19.4 Å². The van der Waals surface area contributed by atoms with Crippen molar-refractivity contribution in [1.29, 1.82) is 0 Å². The number of hydrogen-bond acceptors (Lipinski definition) is 2. The molecule has 1 rings (SSSR count). The molecule has 0 aromatic heterocycles. The maximum Gasteiger partial charge on any atom is 0.0979 e. The van der Waals surface area contributed by atoms with Crippen LogP contribution in [0.5, 0.6) is 0 Å². The smallest absolute Gasteiger partial charge is 0.0979 e. The molecule has 0 radical (unpaired) electrons. The topological polar surface area (TPSA) is 32.7 Å². The lowest BCUT2D eigenvalue weighted by molar-refractivity contribution is -0.894. The van der Waals surface area contributed by atoms with Gasteiger partial charge in [0.15, 0.2) is 0 Å². The van der Waals surface area contributed by atoms with Crippen molar-refractivity contribution in [3.63, 3.8) is 0 Å². The summed E-state index contributed by atoms with van der Waals surface area (Å²) in [5.74, 6) is 0. The summed E-state index contributed by atoms with van der Waals surface area (Å²) in [4.78, 5) is 10.0. The van der Waals surface area contributed by atoms with Gasteiger partial charge in [0, 0.05) is 0 Å². The van der Waals surface area contributed by atoms with Crippen molar-refractivity contribution in [3.05, 3.63) is 4.91 Å². The molecule has 0 saturated carbocycles. The van der Waals surface area contributed by atoms with Gasteiger partial charge in [-0.05, 0) is 0 Å². The molecule has 4 nitrogen and oxygen atoms in total. The Morgan fingerprint density at radius 3 is 2.20 bits per heavy atom.